The highest BCUT2D eigenvalue weighted by Gasteiger charge is 2.21. The molecule has 130 valence electrons. The molecule has 0 saturated carbocycles. The number of ether oxygens (including phenoxy) is 1. The molecule has 0 aromatic carbocycles. The fraction of sp³-hybridized carbons (Fsp3) is 0.750. The van der Waals surface area contributed by atoms with Crippen molar-refractivity contribution in [1.82, 2.24) is 25.3 Å². The Kier molecular flexibility index (Phi) is 6.85. The fourth-order valence-corrected chi connectivity index (χ4v) is 2.77. The van der Waals surface area contributed by atoms with E-state index in [0.717, 1.165) is 44.3 Å². The standard InChI is InChI=1S/C16H30N6O/c1-13(2)10-22-5-6-23-15(12-22)9-19-16(17-3)18-7-14-8-20-21(4)11-14/h8,11,13,15H,5-7,9-10,12H2,1-4H3,(H2,17,18,19). The van der Waals surface area contributed by atoms with E-state index >= 15 is 0 Å². The SMILES string of the molecule is CN=C(NCc1cnn(C)c1)NCC1CN(CC(C)C)CCO1. The van der Waals surface area contributed by atoms with Crippen LogP contribution in [-0.4, -0.2) is 66.6 Å². The van der Waals surface area contributed by atoms with Crippen LogP contribution in [0.4, 0.5) is 0 Å². The summed E-state index contributed by atoms with van der Waals surface area (Å²) in [5.41, 5.74) is 1.13. The van der Waals surface area contributed by atoms with Crippen molar-refractivity contribution >= 4 is 5.96 Å². The maximum atomic E-state index is 5.85. The minimum Gasteiger partial charge on any atom is -0.374 e. The smallest absolute Gasteiger partial charge is 0.191 e. The summed E-state index contributed by atoms with van der Waals surface area (Å²) in [6, 6.07) is 0. The lowest BCUT2D eigenvalue weighted by Gasteiger charge is -2.34. The van der Waals surface area contributed by atoms with Gasteiger partial charge in [0.2, 0.25) is 0 Å². The molecule has 1 aromatic heterocycles. The molecule has 0 radical (unpaired) electrons. The lowest BCUT2D eigenvalue weighted by molar-refractivity contribution is -0.0284. The van der Waals surface area contributed by atoms with Crippen LogP contribution in [-0.2, 0) is 18.3 Å². The Balaban J connectivity index is 1.72. The monoisotopic (exact) mass is 322 g/mol. The number of morpholine rings is 1. The molecule has 1 aliphatic rings. The average Bonchev–Trinajstić information content (AvgIpc) is 2.93. The molecular formula is C16H30N6O. The topological polar surface area (TPSA) is 66.7 Å². The summed E-state index contributed by atoms with van der Waals surface area (Å²) in [4.78, 5) is 6.74. The van der Waals surface area contributed by atoms with Gasteiger partial charge >= 0.3 is 0 Å². The lowest BCUT2D eigenvalue weighted by Crippen LogP contribution is -2.50. The summed E-state index contributed by atoms with van der Waals surface area (Å²) >= 11 is 0. The van der Waals surface area contributed by atoms with Gasteiger partial charge in [0, 0.05) is 58.6 Å². The minimum absolute atomic E-state index is 0.208. The van der Waals surface area contributed by atoms with Crippen molar-refractivity contribution in [2.75, 3.05) is 39.8 Å². The summed E-state index contributed by atoms with van der Waals surface area (Å²) in [7, 11) is 3.70. The second-order valence-electron chi connectivity index (χ2n) is 6.48. The van der Waals surface area contributed by atoms with Crippen molar-refractivity contribution in [2.24, 2.45) is 18.0 Å². The zero-order valence-electron chi connectivity index (χ0n) is 14.7. The quantitative estimate of drug-likeness (QED) is 0.588. The summed E-state index contributed by atoms with van der Waals surface area (Å²) < 4.78 is 7.65. The summed E-state index contributed by atoms with van der Waals surface area (Å²) in [6.45, 7) is 9.93. The molecule has 23 heavy (non-hydrogen) atoms. The summed E-state index contributed by atoms with van der Waals surface area (Å²) in [6.07, 6.45) is 4.06. The molecule has 0 spiro atoms. The molecule has 1 fully saturated rings. The Hall–Kier alpha value is -1.60. The molecular weight excluding hydrogens is 292 g/mol. The largest absolute Gasteiger partial charge is 0.374 e. The van der Waals surface area contributed by atoms with Crippen molar-refractivity contribution < 1.29 is 4.74 Å². The maximum absolute atomic E-state index is 5.85. The second-order valence-corrected chi connectivity index (χ2v) is 6.48. The van der Waals surface area contributed by atoms with Crippen LogP contribution < -0.4 is 10.6 Å². The minimum atomic E-state index is 0.208. The van der Waals surface area contributed by atoms with Crippen LogP contribution in [0.5, 0.6) is 0 Å². The molecule has 0 aliphatic carbocycles. The van der Waals surface area contributed by atoms with E-state index in [1.165, 1.54) is 0 Å². The first-order chi connectivity index (χ1) is 11.1. The zero-order valence-corrected chi connectivity index (χ0v) is 14.7. The number of aromatic nitrogens is 2. The van der Waals surface area contributed by atoms with Crippen LogP contribution in [0.15, 0.2) is 17.4 Å². The molecule has 2 N–H and O–H groups in total. The maximum Gasteiger partial charge on any atom is 0.191 e. The van der Waals surface area contributed by atoms with Crippen molar-refractivity contribution in [2.45, 2.75) is 26.5 Å². The molecule has 1 unspecified atom stereocenters. The molecule has 1 aliphatic heterocycles. The Morgan fingerprint density at radius 3 is 2.96 bits per heavy atom. The van der Waals surface area contributed by atoms with E-state index < -0.39 is 0 Å². The molecule has 7 heteroatoms. The van der Waals surface area contributed by atoms with Gasteiger partial charge in [-0.3, -0.25) is 14.6 Å². The van der Waals surface area contributed by atoms with Gasteiger partial charge in [0.15, 0.2) is 5.96 Å². The number of nitrogens with zero attached hydrogens (tertiary/aromatic N) is 4. The van der Waals surface area contributed by atoms with E-state index in [0.29, 0.717) is 12.5 Å². The number of hydrogen-bond acceptors (Lipinski definition) is 4. The number of rotatable bonds is 6. The van der Waals surface area contributed by atoms with Gasteiger partial charge in [-0.1, -0.05) is 13.8 Å². The molecule has 7 nitrogen and oxygen atoms in total. The Bertz CT molecular complexity index is 499. The molecule has 1 atom stereocenters. The van der Waals surface area contributed by atoms with E-state index in [1.54, 1.807) is 11.7 Å². The lowest BCUT2D eigenvalue weighted by atomic mass is 10.2. The first kappa shape index (κ1) is 17.7. The second kappa shape index (κ2) is 8.88. The Morgan fingerprint density at radius 2 is 2.30 bits per heavy atom. The predicted octanol–water partition coefficient (Wildman–Crippen LogP) is 0.442. The van der Waals surface area contributed by atoms with E-state index in [9.17, 15) is 0 Å². The molecule has 0 amide bonds. The van der Waals surface area contributed by atoms with Crippen molar-refractivity contribution in [3.63, 3.8) is 0 Å². The summed E-state index contributed by atoms with van der Waals surface area (Å²) in [5, 5.41) is 10.8. The van der Waals surface area contributed by atoms with Crippen LogP contribution in [0.1, 0.15) is 19.4 Å². The van der Waals surface area contributed by atoms with Gasteiger partial charge in [-0.05, 0) is 5.92 Å². The van der Waals surface area contributed by atoms with Gasteiger partial charge in [0.1, 0.15) is 0 Å². The molecule has 0 bridgehead atoms. The summed E-state index contributed by atoms with van der Waals surface area (Å²) in [5.74, 6) is 1.48. The van der Waals surface area contributed by atoms with Crippen LogP contribution in [0.3, 0.4) is 0 Å². The number of aryl methyl sites for hydroxylation is 1. The number of guanidine groups is 1. The average molecular weight is 322 g/mol. The van der Waals surface area contributed by atoms with Crippen LogP contribution in [0.2, 0.25) is 0 Å². The van der Waals surface area contributed by atoms with Gasteiger partial charge in [-0.2, -0.15) is 5.10 Å². The van der Waals surface area contributed by atoms with E-state index in [4.69, 9.17) is 4.74 Å². The van der Waals surface area contributed by atoms with Crippen LogP contribution in [0, 0.1) is 5.92 Å². The Morgan fingerprint density at radius 1 is 1.48 bits per heavy atom. The fourth-order valence-electron chi connectivity index (χ4n) is 2.77. The zero-order chi connectivity index (χ0) is 16.7. The highest BCUT2D eigenvalue weighted by atomic mass is 16.5. The van der Waals surface area contributed by atoms with Crippen molar-refractivity contribution in [1.29, 1.82) is 0 Å². The molecule has 1 aromatic rings. The van der Waals surface area contributed by atoms with Gasteiger partial charge in [-0.25, -0.2) is 0 Å². The third kappa shape index (κ3) is 6.19. The van der Waals surface area contributed by atoms with E-state index in [-0.39, 0.29) is 6.10 Å². The molecule has 2 heterocycles. The normalized spacial score (nSPS) is 20.0. The van der Waals surface area contributed by atoms with Crippen molar-refractivity contribution in [3.8, 4) is 0 Å². The Labute approximate surface area is 139 Å². The predicted molar refractivity (Wildman–Crippen MR) is 92.4 cm³/mol. The van der Waals surface area contributed by atoms with Crippen molar-refractivity contribution in [3.05, 3.63) is 18.0 Å². The first-order valence-corrected chi connectivity index (χ1v) is 8.32. The third-order valence-electron chi connectivity index (χ3n) is 3.79. The van der Waals surface area contributed by atoms with Gasteiger partial charge < -0.3 is 15.4 Å². The van der Waals surface area contributed by atoms with E-state index in [2.05, 4.69) is 39.5 Å². The van der Waals surface area contributed by atoms with Crippen LogP contribution >= 0.6 is 0 Å². The molecule has 1 saturated heterocycles. The van der Waals surface area contributed by atoms with Gasteiger partial charge in [0.05, 0.1) is 18.9 Å². The number of aliphatic imine (C=N–C) groups is 1. The number of hydrogen-bond donors (Lipinski definition) is 2. The molecule has 2 rings (SSSR count). The first-order valence-electron chi connectivity index (χ1n) is 8.32. The van der Waals surface area contributed by atoms with Gasteiger partial charge in [0.25, 0.3) is 0 Å². The number of nitrogens with one attached hydrogen (secondary N) is 2. The van der Waals surface area contributed by atoms with Gasteiger partial charge in [-0.15, -0.1) is 0 Å². The third-order valence-corrected chi connectivity index (χ3v) is 3.79. The highest BCUT2D eigenvalue weighted by molar-refractivity contribution is 5.79. The van der Waals surface area contributed by atoms with Crippen LogP contribution in [0.25, 0.3) is 0 Å². The highest BCUT2D eigenvalue weighted by Crippen LogP contribution is 2.07. The van der Waals surface area contributed by atoms with E-state index in [1.807, 2.05) is 19.4 Å².